The normalized spacial score (nSPS) is 19.3. The van der Waals surface area contributed by atoms with Crippen molar-refractivity contribution in [1.29, 1.82) is 0 Å². The molecule has 2 atom stereocenters. The van der Waals surface area contributed by atoms with Gasteiger partial charge in [0.25, 0.3) is 0 Å². The number of halogens is 1. The number of rotatable bonds is 6. The number of para-hydroxylation sites is 1. The van der Waals surface area contributed by atoms with Crippen molar-refractivity contribution in [2.75, 3.05) is 0 Å². The molecule has 1 fully saturated rings. The monoisotopic (exact) mass is 374 g/mol. The summed E-state index contributed by atoms with van der Waals surface area (Å²) in [6, 6.07) is 18.1. The summed E-state index contributed by atoms with van der Waals surface area (Å²) in [5.41, 5.74) is 8.10. The Hall–Kier alpha value is -2.04. The van der Waals surface area contributed by atoms with Crippen LogP contribution in [0, 0.1) is 5.92 Å². The molecule has 2 aromatic carbocycles. The van der Waals surface area contributed by atoms with E-state index in [1.807, 2.05) is 54.6 Å². The molecule has 0 spiro atoms. The molecule has 0 heterocycles. The van der Waals surface area contributed by atoms with E-state index in [0.29, 0.717) is 13.2 Å². The Balaban J connectivity index is 0.00000243. The van der Waals surface area contributed by atoms with Gasteiger partial charge in [-0.2, -0.15) is 0 Å². The second-order valence-electron chi connectivity index (χ2n) is 6.72. The van der Waals surface area contributed by atoms with Gasteiger partial charge >= 0.3 is 0 Å². The zero-order valence-electron chi connectivity index (χ0n) is 14.9. The Morgan fingerprint density at radius 1 is 1.08 bits per heavy atom. The smallest absolute Gasteiger partial charge is 0.223 e. The molecule has 0 aromatic heterocycles. The number of ether oxygens (including phenoxy) is 1. The first kappa shape index (κ1) is 20.3. The van der Waals surface area contributed by atoms with E-state index < -0.39 is 0 Å². The molecular formula is C21H27ClN2O2. The summed E-state index contributed by atoms with van der Waals surface area (Å²) in [5, 5.41) is 3.05. The van der Waals surface area contributed by atoms with Gasteiger partial charge < -0.3 is 15.8 Å². The lowest BCUT2D eigenvalue weighted by atomic mass is 9.85. The minimum atomic E-state index is 0. The van der Waals surface area contributed by atoms with Gasteiger partial charge in [0.15, 0.2) is 0 Å². The van der Waals surface area contributed by atoms with E-state index in [1.165, 1.54) is 0 Å². The fraction of sp³-hybridized carbons (Fsp3) is 0.381. The van der Waals surface area contributed by atoms with E-state index in [4.69, 9.17) is 10.5 Å². The number of nitrogens with two attached hydrogens (primary N) is 1. The quantitative estimate of drug-likeness (QED) is 0.807. The highest BCUT2D eigenvalue weighted by atomic mass is 35.5. The highest BCUT2D eigenvalue weighted by Gasteiger charge is 2.25. The maximum absolute atomic E-state index is 12.4. The minimum Gasteiger partial charge on any atom is -0.489 e. The molecule has 26 heavy (non-hydrogen) atoms. The fourth-order valence-corrected chi connectivity index (χ4v) is 3.32. The van der Waals surface area contributed by atoms with Crippen LogP contribution >= 0.6 is 12.4 Å². The third-order valence-electron chi connectivity index (χ3n) is 4.75. The standard InChI is InChI=1S/C21H26N2O2.ClH/c22-19-11-6-10-17(13-19)21(24)23-14-18-9-4-5-12-20(18)25-15-16-7-2-1-3-8-16;/h1-5,7-9,12,17,19H,6,10-11,13-15,22H2,(H,23,24);1H. The van der Waals surface area contributed by atoms with Crippen molar-refractivity contribution in [2.24, 2.45) is 11.7 Å². The lowest BCUT2D eigenvalue weighted by molar-refractivity contribution is -0.126. The van der Waals surface area contributed by atoms with E-state index in [-0.39, 0.29) is 30.3 Å². The molecule has 1 aliphatic carbocycles. The van der Waals surface area contributed by atoms with Crippen LogP contribution in [0.4, 0.5) is 0 Å². The molecule has 2 aromatic rings. The van der Waals surface area contributed by atoms with E-state index in [0.717, 1.165) is 42.6 Å². The van der Waals surface area contributed by atoms with Gasteiger partial charge in [-0.25, -0.2) is 0 Å². The summed E-state index contributed by atoms with van der Waals surface area (Å²) >= 11 is 0. The first-order chi connectivity index (χ1) is 12.2. The molecule has 0 bridgehead atoms. The summed E-state index contributed by atoms with van der Waals surface area (Å²) in [6.45, 7) is 0.999. The molecule has 5 heteroatoms. The predicted molar refractivity (Wildman–Crippen MR) is 106 cm³/mol. The van der Waals surface area contributed by atoms with Crippen molar-refractivity contribution in [3.8, 4) is 5.75 Å². The fourth-order valence-electron chi connectivity index (χ4n) is 3.32. The second-order valence-corrected chi connectivity index (χ2v) is 6.72. The Labute approximate surface area is 161 Å². The zero-order valence-corrected chi connectivity index (χ0v) is 15.7. The third kappa shape index (κ3) is 5.75. The Kier molecular flexibility index (Phi) is 7.95. The van der Waals surface area contributed by atoms with Gasteiger partial charge in [0.05, 0.1) is 0 Å². The third-order valence-corrected chi connectivity index (χ3v) is 4.75. The van der Waals surface area contributed by atoms with Crippen molar-refractivity contribution < 1.29 is 9.53 Å². The van der Waals surface area contributed by atoms with Crippen molar-refractivity contribution in [1.82, 2.24) is 5.32 Å². The molecule has 1 aliphatic rings. The molecule has 0 saturated heterocycles. The molecule has 0 aliphatic heterocycles. The van der Waals surface area contributed by atoms with Gasteiger partial charge in [-0.05, 0) is 30.9 Å². The summed E-state index contributed by atoms with van der Waals surface area (Å²) in [4.78, 5) is 12.4. The molecule has 4 nitrogen and oxygen atoms in total. The van der Waals surface area contributed by atoms with Crippen LogP contribution in [0.3, 0.4) is 0 Å². The van der Waals surface area contributed by atoms with Crippen molar-refractivity contribution in [3.63, 3.8) is 0 Å². The SMILES string of the molecule is Cl.NC1CCCC(C(=O)NCc2ccccc2OCc2ccccc2)C1. The van der Waals surface area contributed by atoms with E-state index in [9.17, 15) is 4.79 Å². The van der Waals surface area contributed by atoms with Crippen LogP contribution < -0.4 is 15.8 Å². The van der Waals surface area contributed by atoms with Gasteiger partial charge in [0.1, 0.15) is 12.4 Å². The number of hydrogen-bond donors (Lipinski definition) is 2. The van der Waals surface area contributed by atoms with Gasteiger partial charge in [-0.15, -0.1) is 12.4 Å². The molecule has 3 rings (SSSR count). The average molecular weight is 375 g/mol. The van der Waals surface area contributed by atoms with Crippen molar-refractivity contribution in [3.05, 3.63) is 65.7 Å². The average Bonchev–Trinajstić information content (AvgIpc) is 2.66. The highest BCUT2D eigenvalue weighted by Crippen LogP contribution is 2.24. The molecule has 2 unspecified atom stereocenters. The number of carbonyl (C=O) groups excluding carboxylic acids is 1. The predicted octanol–water partition coefficient (Wildman–Crippen LogP) is 3.82. The lowest BCUT2D eigenvalue weighted by Gasteiger charge is -2.25. The Morgan fingerprint density at radius 2 is 1.81 bits per heavy atom. The van der Waals surface area contributed by atoms with Gasteiger partial charge in [0, 0.05) is 24.1 Å². The van der Waals surface area contributed by atoms with Crippen LogP contribution in [-0.2, 0) is 17.9 Å². The second kappa shape index (κ2) is 10.2. The first-order valence-electron chi connectivity index (χ1n) is 9.00. The molecule has 140 valence electrons. The Bertz CT molecular complexity index is 693. The first-order valence-corrected chi connectivity index (χ1v) is 9.00. The van der Waals surface area contributed by atoms with Gasteiger partial charge in [0.2, 0.25) is 5.91 Å². The van der Waals surface area contributed by atoms with Crippen molar-refractivity contribution >= 4 is 18.3 Å². The number of nitrogens with one attached hydrogen (secondary N) is 1. The molecule has 1 saturated carbocycles. The number of benzene rings is 2. The summed E-state index contributed by atoms with van der Waals surface area (Å²) < 4.78 is 5.95. The molecule has 1 amide bonds. The maximum atomic E-state index is 12.4. The molecule has 0 radical (unpaired) electrons. The van der Waals surface area contributed by atoms with Crippen molar-refractivity contribution in [2.45, 2.75) is 44.9 Å². The van der Waals surface area contributed by atoms with E-state index in [2.05, 4.69) is 5.32 Å². The number of carbonyl (C=O) groups is 1. The summed E-state index contributed by atoms with van der Waals surface area (Å²) in [7, 11) is 0. The largest absolute Gasteiger partial charge is 0.489 e. The van der Waals surface area contributed by atoms with E-state index >= 15 is 0 Å². The summed E-state index contributed by atoms with van der Waals surface area (Å²) in [6.07, 6.45) is 3.79. The molecule has 3 N–H and O–H groups in total. The van der Waals surface area contributed by atoms with E-state index in [1.54, 1.807) is 0 Å². The van der Waals surface area contributed by atoms with Crippen LogP contribution in [0.15, 0.2) is 54.6 Å². The highest BCUT2D eigenvalue weighted by molar-refractivity contribution is 5.85. The van der Waals surface area contributed by atoms with Crippen LogP contribution in [-0.4, -0.2) is 11.9 Å². The van der Waals surface area contributed by atoms with Crippen LogP contribution in [0.25, 0.3) is 0 Å². The maximum Gasteiger partial charge on any atom is 0.223 e. The Morgan fingerprint density at radius 3 is 2.58 bits per heavy atom. The minimum absolute atomic E-state index is 0. The van der Waals surface area contributed by atoms with Gasteiger partial charge in [-0.1, -0.05) is 55.0 Å². The van der Waals surface area contributed by atoms with Gasteiger partial charge in [-0.3, -0.25) is 4.79 Å². The van der Waals surface area contributed by atoms with Crippen LogP contribution in [0.5, 0.6) is 5.75 Å². The van der Waals surface area contributed by atoms with Crippen LogP contribution in [0.2, 0.25) is 0 Å². The number of amides is 1. The lowest BCUT2D eigenvalue weighted by Crippen LogP contribution is -2.37. The zero-order chi connectivity index (χ0) is 17.5. The van der Waals surface area contributed by atoms with Crippen LogP contribution in [0.1, 0.15) is 36.8 Å². The molecular weight excluding hydrogens is 348 g/mol. The topological polar surface area (TPSA) is 64.4 Å². The summed E-state index contributed by atoms with van der Waals surface area (Å²) in [5.74, 6) is 0.959. The number of hydrogen-bond acceptors (Lipinski definition) is 3.